The van der Waals surface area contributed by atoms with Crippen molar-refractivity contribution in [2.45, 2.75) is 0 Å². The van der Waals surface area contributed by atoms with Crippen LogP contribution < -0.4 is 18.9 Å². The van der Waals surface area contributed by atoms with Gasteiger partial charge in [0.25, 0.3) is 0 Å². The predicted octanol–water partition coefficient (Wildman–Crippen LogP) is 5.92. The zero-order chi connectivity index (χ0) is 26.7. The fourth-order valence-electron chi connectivity index (χ4n) is 3.61. The molecule has 0 spiro atoms. The number of ether oxygens (including phenoxy) is 4. The van der Waals surface area contributed by atoms with Gasteiger partial charge in [0.05, 0.1) is 45.1 Å². The molecule has 0 aliphatic heterocycles. The Hall–Kier alpha value is -5.24. The van der Waals surface area contributed by atoms with Crippen molar-refractivity contribution in [3.8, 4) is 58.5 Å². The van der Waals surface area contributed by atoms with Gasteiger partial charge in [-0.15, -0.1) is 0 Å². The van der Waals surface area contributed by atoms with E-state index in [0.717, 1.165) is 44.9 Å². The van der Waals surface area contributed by atoms with Crippen molar-refractivity contribution in [3.05, 3.63) is 118 Å². The third-order valence-electron chi connectivity index (χ3n) is 5.60. The molecular formula is C34H26O4. The zero-order valence-corrected chi connectivity index (χ0v) is 21.7. The minimum Gasteiger partial charge on any atom is -0.497 e. The molecule has 0 aliphatic rings. The fourth-order valence-corrected chi connectivity index (χ4v) is 3.61. The zero-order valence-electron chi connectivity index (χ0n) is 21.7. The molecule has 0 aromatic heterocycles. The summed E-state index contributed by atoms with van der Waals surface area (Å²) in [6.07, 6.45) is 0. The lowest BCUT2D eigenvalue weighted by Crippen LogP contribution is -1.91. The number of para-hydroxylation sites is 1. The average Bonchev–Trinajstić information content (AvgIpc) is 2.98. The van der Waals surface area contributed by atoms with Crippen LogP contribution in [0.5, 0.6) is 23.0 Å². The Balaban J connectivity index is 1.56. The molecule has 0 bridgehead atoms. The van der Waals surface area contributed by atoms with E-state index in [1.807, 2.05) is 84.9 Å². The highest BCUT2D eigenvalue weighted by atomic mass is 16.5. The molecule has 0 saturated heterocycles. The Morgan fingerprint density at radius 1 is 0.395 bits per heavy atom. The minimum atomic E-state index is 0.650. The Kier molecular flexibility index (Phi) is 8.60. The summed E-state index contributed by atoms with van der Waals surface area (Å²) in [4.78, 5) is 0. The van der Waals surface area contributed by atoms with Crippen LogP contribution in [0.1, 0.15) is 33.4 Å². The number of rotatable bonds is 4. The van der Waals surface area contributed by atoms with Gasteiger partial charge in [-0.1, -0.05) is 53.7 Å². The molecule has 0 saturated carbocycles. The van der Waals surface area contributed by atoms with Crippen molar-refractivity contribution >= 4 is 0 Å². The fraction of sp³-hybridized carbons (Fsp3) is 0.118. The minimum absolute atomic E-state index is 0.650. The summed E-state index contributed by atoms with van der Waals surface area (Å²) in [5.41, 5.74) is 4.84. The Bertz CT molecular complexity index is 1630. The van der Waals surface area contributed by atoms with E-state index < -0.39 is 0 Å². The second-order valence-corrected chi connectivity index (χ2v) is 8.01. The summed E-state index contributed by atoms with van der Waals surface area (Å²) < 4.78 is 21.8. The molecule has 38 heavy (non-hydrogen) atoms. The van der Waals surface area contributed by atoms with Crippen LogP contribution in [0.15, 0.2) is 84.9 Å². The lowest BCUT2D eigenvalue weighted by molar-refractivity contribution is 0.413. The maximum Gasteiger partial charge on any atom is 0.135 e. The molecule has 4 nitrogen and oxygen atoms in total. The van der Waals surface area contributed by atoms with Gasteiger partial charge in [0.15, 0.2) is 0 Å². The van der Waals surface area contributed by atoms with Gasteiger partial charge in [-0.05, 0) is 66.7 Å². The first-order valence-electron chi connectivity index (χ1n) is 11.8. The summed E-state index contributed by atoms with van der Waals surface area (Å²) in [5, 5.41) is 0. The molecule has 0 N–H and O–H groups in total. The van der Waals surface area contributed by atoms with E-state index in [-0.39, 0.29) is 0 Å². The summed E-state index contributed by atoms with van der Waals surface area (Å²) in [6.45, 7) is 0. The van der Waals surface area contributed by atoms with Crippen LogP contribution in [0.3, 0.4) is 0 Å². The quantitative estimate of drug-likeness (QED) is 0.327. The van der Waals surface area contributed by atoms with E-state index in [1.165, 1.54) is 0 Å². The van der Waals surface area contributed by atoms with Crippen LogP contribution in [0.4, 0.5) is 0 Å². The first-order valence-corrected chi connectivity index (χ1v) is 11.8. The molecule has 0 atom stereocenters. The SMILES string of the molecule is COc1cccc(C#Cc2ccc(C#Cc3ccc(C#Cc4ccccc4OC)cc3OC)cc2OC)c1. The molecule has 4 aromatic rings. The van der Waals surface area contributed by atoms with Crippen LogP contribution in [-0.4, -0.2) is 28.4 Å². The van der Waals surface area contributed by atoms with Crippen LogP contribution in [-0.2, 0) is 0 Å². The van der Waals surface area contributed by atoms with Crippen molar-refractivity contribution in [2.24, 2.45) is 0 Å². The van der Waals surface area contributed by atoms with Gasteiger partial charge in [-0.2, -0.15) is 0 Å². The first kappa shape index (κ1) is 25.8. The first-order chi connectivity index (χ1) is 18.6. The topological polar surface area (TPSA) is 36.9 Å². The molecule has 4 aromatic carbocycles. The van der Waals surface area contributed by atoms with Crippen molar-refractivity contribution in [1.82, 2.24) is 0 Å². The van der Waals surface area contributed by atoms with Crippen LogP contribution in [0, 0.1) is 35.5 Å². The molecule has 0 aliphatic carbocycles. The predicted molar refractivity (Wildman–Crippen MR) is 150 cm³/mol. The van der Waals surface area contributed by atoms with Gasteiger partial charge < -0.3 is 18.9 Å². The number of methoxy groups -OCH3 is 4. The molecule has 0 fully saturated rings. The van der Waals surface area contributed by atoms with Crippen molar-refractivity contribution in [3.63, 3.8) is 0 Å². The third-order valence-corrected chi connectivity index (χ3v) is 5.60. The second-order valence-electron chi connectivity index (χ2n) is 8.01. The standard InChI is InChI=1S/C34H26O4/c1-35-31-10-7-8-25(22-31)12-18-29-19-15-27(24-33(29)37-3)16-21-30-20-14-26(23-34(30)38-4)13-17-28-9-5-6-11-32(28)36-2/h5-11,14-15,19-20,22-24H,1-4H3. The normalized spacial score (nSPS) is 9.47. The average molecular weight is 499 g/mol. The molecule has 4 rings (SSSR count). The van der Waals surface area contributed by atoms with E-state index in [9.17, 15) is 0 Å². The monoisotopic (exact) mass is 498 g/mol. The Labute approximate surface area is 224 Å². The van der Waals surface area contributed by atoms with E-state index in [2.05, 4.69) is 35.5 Å². The lowest BCUT2D eigenvalue weighted by atomic mass is 10.1. The van der Waals surface area contributed by atoms with Crippen molar-refractivity contribution in [2.75, 3.05) is 28.4 Å². The highest BCUT2D eigenvalue weighted by Crippen LogP contribution is 2.22. The lowest BCUT2D eigenvalue weighted by Gasteiger charge is -2.05. The second kappa shape index (κ2) is 12.6. The largest absolute Gasteiger partial charge is 0.497 e. The summed E-state index contributed by atoms with van der Waals surface area (Å²) >= 11 is 0. The molecule has 186 valence electrons. The molecular weight excluding hydrogens is 472 g/mol. The number of hydrogen-bond acceptors (Lipinski definition) is 4. The molecule has 0 radical (unpaired) electrons. The van der Waals surface area contributed by atoms with Crippen LogP contribution >= 0.6 is 0 Å². The Morgan fingerprint density at radius 3 is 1.42 bits per heavy atom. The van der Waals surface area contributed by atoms with Gasteiger partial charge in [0.2, 0.25) is 0 Å². The van der Waals surface area contributed by atoms with E-state index >= 15 is 0 Å². The smallest absolute Gasteiger partial charge is 0.135 e. The van der Waals surface area contributed by atoms with Crippen molar-refractivity contribution < 1.29 is 18.9 Å². The number of hydrogen-bond donors (Lipinski definition) is 0. The summed E-state index contributed by atoms with van der Waals surface area (Å²) in [7, 11) is 6.51. The maximum atomic E-state index is 5.58. The molecule has 0 unspecified atom stereocenters. The molecule has 0 amide bonds. The highest BCUT2D eigenvalue weighted by molar-refractivity contribution is 5.58. The van der Waals surface area contributed by atoms with Gasteiger partial charge in [-0.25, -0.2) is 0 Å². The van der Waals surface area contributed by atoms with Crippen molar-refractivity contribution in [1.29, 1.82) is 0 Å². The number of benzene rings is 4. The maximum absolute atomic E-state index is 5.58. The van der Waals surface area contributed by atoms with E-state index in [4.69, 9.17) is 18.9 Å². The Morgan fingerprint density at radius 2 is 0.895 bits per heavy atom. The van der Waals surface area contributed by atoms with E-state index in [1.54, 1.807) is 28.4 Å². The van der Waals surface area contributed by atoms with Gasteiger partial charge >= 0.3 is 0 Å². The molecule has 0 heterocycles. The molecule has 4 heteroatoms. The van der Waals surface area contributed by atoms with Gasteiger partial charge in [-0.3, -0.25) is 0 Å². The van der Waals surface area contributed by atoms with Gasteiger partial charge in [0, 0.05) is 16.7 Å². The van der Waals surface area contributed by atoms with Crippen LogP contribution in [0.25, 0.3) is 0 Å². The highest BCUT2D eigenvalue weighted by Gasteiger charge is 2.04. The van der Waals surface area contributed by atoms with Crippen LogP contribution in [0.2, 0.25) is 0 Å². The summed E-state index contributed by atoms with van der Waals surface area (Å²) in [5.74, 6) is 21.8. The van der Waals surface area contributed by atoms with Gasteiger partial charge in [0.1, 0.15) is 23.0 Å². The third kappa shape index (κ3) is 6.50. The summed E-state index contributed by atoms with van der Waals surface area (Å²) in [6, 6.07) is 26.7. The van der Waals surface area contributed by atoms with E-state index in [0.29, 0.717) is 11.5 Å².